The van der Waals surface area contributed by atoms with E-state index in [4.69, 9.17) is 9.84 Å². The van der Waals surface area contributed by atoms with E-state index in [0.717, 1.165) is 23.2 Å². The molecule has 27 heavy (non-hydrogen) atoms. The summed E-state index contributed by atoms with van der Waals surface area (Å²) in [5, 5.41) is 12.7. The summed E-state index contributed by atoms with van der Waals surface area (Å²) in [6.07, 6.45) is 5.33. The second-order valence-corrected chi connectivity index (χ2v) is 6.93. The summed E-state index contributed by atoms with van der Waals surface area (Å²) in [5.41, 5.74) is 4.04. The number of nitrogens with one attached hydrogen (secondary N) is 1. The molecular formula is C22H21NO4. The van der Waals surface area contributed by atoms with E-state index in [-0.39, 0.29) is 23.5 Å². The normalized spacial score (nSPS) is 22.5. The first-order valence-corrected chi connectivity index (χ1v) is 9.16. The number of esters is 1. The lowest BCUT2D eigenvalue weighted by molar-refractivity contribution is 0.0525. The van der Waals surface area contributed by atoms with Crippen molar-refractivity contribution in [1.29, 1.82) is 0 Å². The first-order chi connectivity index (χ1) is 13.1. The van der Waals surface area contributed by atoms with Gasteiger partial charge in [0.1, 0.15) is 0 Å². The van der Waals surface area contributed by atoms with Crippen molar-refractivity contribution in [3.8, 4) is 0 Å². The van der Waals surface area contributed by atoms with Crippen molar-refractivity contribution in [2.45, 2.75) is 25.3 Å². The lowest BCUT2D eigenvalue weighted by atomic mass is 9.76. The molecule has 0 spiro atoms. The second kappa shape index (κ2) is 6.91. The van der Waals surface area contributed by atoms with E-state index in [2.05, 4.69) is 17.5 Å². The highest BCUT2D eigenvalue weighted by atomic mass is 16.5. The van der Waals surface area contributed by atoms with Gasteiger partial charge < -0.3 is 15.2 Å². The minimum absolute atomic E-state index is 0.0915. The van der Waals surface area contributed by atoms with Crippen LogP contribution in [0.3, 0.4) is 0 Å². The van der Waals surface area contributed by atoms with Crippen molar-refractivity contribution >= 4 is 17.6 Å². The van der Waals surface area contributed by atoms with Crippen molar-refractivity contribution in [2.24, 2.45) is 5.92 Å². The van der Waals surface area contributed by atoms with E-state index in [9.17, 15) is 9.59 Å². The average molecular weight is 363 g/mol. The second-order valence-electron chi connectivity index (χ2n) is 6.93. The largest absolute Gasteiger partial charge is 0.478 e. The van der Waals surface area contributed by atoms with Crippen LogP contribution in [-0.4, -0.2) is 23.7 Å². The van der Waals surface area contributed by atoms with Crippen molar-refractivity contribution in [2.75, 3.05) is 11.9 Å². The van der Waals surface area contributed by atoms with Crippen molar-refractivity contribution < 1.29 is 19.4 Å². The zero-order valence-electron chi connectivity index (χ0n) is 15.0. The molecule has 1 aliphatic heterocycles. The van der Waals surface area contributed by atoms with Crippen molar-refractivity contribution in [3.05, 3.63) is 76.9 Å². The Morgan fingerprint density at radius 2 is 1.89 bits per heavy atom. The lowest BCUT2D eigenvalue weighted by Gasteiger charge is -2.37. The highest BCUT2D eigenvalue weighted by Gasteiger charge is 2.38. The fourth-order valence-electron chi connectivity index (χ4n) is 4.10. The number of hydrogen-bond acceptors (Lipinski definition) is 4. The summed E-state index contributed by atoms with van der Waals surface area (Å²) >= 11 is 0. The molecule has 0 saturated carbocycles. The van der Waals surface area contributed by atoms with Crippen LogP contribution in [0.5, 0.6) is 0 Å². The third-order valence-electron chi connectivity index (χ3n) is 5.39. The predicted molar refractivity (Wildman–Crippen MR) is 102 cm³/mol. The van der Waals surface area contributed by atoms with Gasteiger partial charge in [0.2, 0.25) is 0 Å². The van der Waals surface area contributed by atoms with Gasteiger partial charge in [-0.2, -0.15) is 0 Å². The van der Waals surface area contributed by atoms with Crippen LogP contribution in [0.2, 0.25) is 0 Å². The maximum Gasteiger partial charge on any atom is 0.338 e. The van der Waals surface area contributed by atoms with Gasteiger partial charge in [0.25, 0.3) is 0 Å². The molecular weight excluding hydrogens is 342 g/mol. The van der Waals surface area contributed by atoms with E-state index < -0.39 is 5.97 Å². The summed E-state index contributed by atoms with van der Waals surface area (Å²) in [5.74, 6) is -0.675. The smallest absolute Gasteiger partial charge is 0.338 e. The number of aromatic carboxylic acids is 1. The van der Waals surface area contributed by atoms with Gasteiger partial charge in [0.05, 0.1) is 23.8 Å². The number of allylic oxidation sites excluding steroid dienone is 2. The number of carbonyl (C=O) groups excluding carboxylic acids is 1. The Labute approximate surface area is 157 Å². The lowest BCUT2D eigenvalue weighted by Crippen LogP contribution is -2.29. The minimum Gasteiger partial charge on any atom is -0.478 e. The summed E-state index contributed by atoms with van der Waals surface area (Å²) in [6.45, 7) is 2.16. The van der Waals surface area contributed by atoms with Crippen LogP contribution in [0.25, 0.3) is 0 Å². The molecule has 2 aliphatic rings. The van der Waals surface area contributed by atoms with Gasteiger partial charge in [0.15, 0.2) is 0 Å². The molecule has 5 heteroatoms. The molecule has 5 nitrogen and oxygen atoms in total. The van der Waals surface area contributed by atoms with E-state index >= 15 is 0 Å². The Morgan fingerprint density at radius 3 is 2.59 bits per heavy atom. The zero-order chi connectivity index (χ0) is 19.0. The Bertz CT molecular complexity index is 916. The Kier molecular flexibility index (Phi) is 4.44. The van der Waals surface area contributed by atoms with Gasteiger partial charge in [-0.25, -0.2) is 9.59 Å². The topological polar surface area (TPSA) is 75.6 Å². The van der Waals surface area contributed by atoms with Crippen LogP contribution < -0.4 is 5.32 Å². The molecule has 0 amide bonds. The number of carboxylic acid groups (broad SMARTS) is 1. The van der Waals surface area contributed by atoms with Gasteiger partial charge in [-0.15, -0.1) is 0 Å². The zero-order valence-corrected chi connectivity index (χ0v) is 15.0. The molecule has 2 aromatic rings. The Morgan fingerprint density at radius 1 is 1.15 bits per heavy atom. The van der Waals surface area contributed by atoms with E-state index in [1.54, 1.807) is 25.1 Å². The average Bonchev–Trinajstić information content (AvgIpc) is 3.17. The molecule has 2 aromatic carbocycles. The molecule has 0 fully saturated rings. The maximum atomic E-state index is 12.1. The van der Waals surface area contributed by atoms with E-state index in [0.29, 0.717) is 18.1 Å². The van der Waals surface area contributed by atoms with Crippen LogP contribution in [0.4, 0.5) is 5.69 Å². The van der Waals surface area contributed by atoms with Gasteiger partial charge in [0, 0.05) is 11.6 Å². The highest BCUT2D eigenvalue weighted by Crippen LogP contribution is 2.49. The van der Waals surface area contributed by atoms with Crippen LogP contribution in [0.1, 0.15) is 57.1 Å². The van der Waals surface area contributed by atoms with Crippen LogP contribution in [0, 0.1) is 5.92 Å². The van der Waals surface area contributed by atoms with Crippen LogP contribution in [-0.2, 0) is 4.74 Å². The Balaban J connectivity index is 1.68. The number of hydrogen-bond donors (Lipinski definition) is 2. The molecule has 0 aromatic heterocycles. The molecule has 0 radical (unpaired) electrons. The third-order valence-corrected chi connectivity index (χ3v) is 5.39. The maximum absolute atomic E-state index is 12.1. The number of anilines is 1. The number of carbonyl (C=O) groups is 2. The standard InChI is InChI=1S/C22H21NO4/c1-2-27-22(26)15-10-11-19-18(12-15)16-4-3-5-17(16)20(23-19)13-6-8-14(9-7-13)21(24)25/h3-4,6-12,16-17,20,23H,2,5H2,1H3,(H,24,25). The molecule has 0 saturated heterocycles. The van der Waals surface area contributed by atoms with Gasteiger partial charge >= 0.3 is 11.9 Å². The van der Waals surface area contributed by atoms with Crippen molar-refractivity contribution in [1.82, 2.24) is 0 Å². The molecule has 4 rings (SSSR count). The van der Waals surface area contributed by atoms with Crippen LogP contribution in [0.15, 0.2) is 54.6 Å². The summed E-state index contributed by atoms with van der Waals surface area (Å²) in [7, 11) is 0. The van der Waals surface area contributed by atoms with Gasteiger partial charge in [-0.3, -0.25) is 0 Å². The number of carboxylic acids is 1. The summed E-state index contributed by atoms with van der Waals surface area (Å²) < 4.78 is 5.13. The highest BCUT2D eigenvalue weighted by molar-refractivity contribution is 5.90. The monoisotopic (exact) mass is 363 g/mol. The van der Waals surface area contributed by atoms with Gasteiger partial charge in [-0.1, -0.05) is 24.3 Å². The quantitative estimate of drug-likeness (QED) is 0.622. The number of ether oxygens (including phenoxy) is 1. The fourth-order valence-corrected chi connectivity index (χ4v) is 4.10. The molecule has 0 bridgehead atoms. The first kappa shape index (κ1) is 17.3. The molecule has 1 heterocycles. The fraction of sp³-hybridized carbons (Fsp3) is 0.273. The third kappa shape index (κ3) is 3.10. The molecule has 1 aliphatic carbocycles. The van der Waals surface area contributed by atoms with E-state index in [1.807, 2.05) is 24.3 Å². The number of fused-ring (bicyclic) bond motifs is 3. The van der Waals surface area contributed by atoms with Gasteiger partial charge in [-0.05, 0) is 60.7 Å². The molecule has 3 unspecified atom stereocenters. The van der Waals surface area contributed by atoms with Crippen LogP contribution >= 0.6 is 0 Å². The molecule has 138 valence electrons. The number of benzene rings is 2. The molecule has 2 N–H and O–H groups in total. The Hall–Kier alpha value is -3.08. The van der Waals surface area contributed by atoms with E-state index in [1.165, 1.54) is 0 Å². The minimum atomic E-state index is -0.921. The molecule has 3 atom stereocenters. The SMILES string of the molecule is CCOC(=O)c1ccc2c(c1)C1C=CCC1C(c1ccc(C(=O)O)cc1)N2. The first-order valence-electron chi connectivity index (χ1n) is 9.16. The summed E-state index contributed by atoms with van der Waals surface area (Å²) in [6, 6.07) is 12.8. The van der Waals surface area contributed by atoms with Crippen molar-refractivity contribution in [3.63, 3.8) is 0 Å². The predicted octanol–water partition coefficient (Wildman–Crippen LogP) is 4.39. The number of rotatable bonds is 4. The summed E-state index contributed by atoms with van der Waals surface area (Å²) in [4.78, 5) is 23.2.